The van der Waals surface area contributed by atoms with Gasteiger partial charge in [-0.1, -0.05) is 0 Å². The Labute approximate surface area is 114 Å². The minimum atomic E-state index is -1.14. The van der Waals surface area contributed by atoms with E-state index in [1.54, 1.807) is 0 Å². The summed E-state index contributed by atoms with van der Waals surface area (Å²) in [6.45, 7) is 2.79. The first-order valence-electron chi connectivity index (χ1n) is 6.35. The Morgan fingerprint density at radius 1 is 1.39 bits per heavy atom. The number of rotatable bonds is 2. The first-order valence-corrected chi connectivity index (χ1v) is 6.35. The summed E-state index contributed by atoms with van der Waals surface area (Å²) >= 11 is 0. The molecule has 0 saturated carbocycles. The molecule has 2 rings (SSSR count). The molecule has 0 aromatic heterocycles. The van der Waals surface area contributed by atoms with E-state index in [0.29, 0.717) is 32.4 Å². The zero-order chi connectivity index (χ0) is 12.3. The highest BCUT2D eigenvalue weighted by Gasteiger charge is 2.36. The number of halogens is 3. The number of nitrogens with one attached hydrogen (secondary N) is 1. The van der Waals surface area contributed by atoms with Crippen molar-refractivity contribution in [3.63, 3.8) is 0 Å². The second-order valence-corrected chi connectivity index (χ2v) is 5.21. The van der Waals surface area contributed by atoms with E-state index < -0.39 is 11.8 Å². The van der Waals surface area contributed by atoms with Crippen LogP contribution in [-0.4, -0.2) is 49.5 Å². The van der Waals surface area contributed by atoms with Gasteiger partial charge in [0.15, 0.2) is 0 Å². The van der Waals surface area contributed by atoms with Gasteiger partial charge in [0.2, 0.25) is 0 Å². The highest BCUT2D eigenvalue weighted by molar-refractivity contribution is 5.85. The molecule has 0 amide bonds. The van der Waals surface area contributed by atoms with Crippen LogP contribution in [0, 0.1) is 18.3 Å². The van der Waals surface area contributed by atoms with Crippen LogP contribution in [0.4, 0.5) is 8.78 Å². The van der Waals surface area contributed by atoms with Crippen LogP contribution < -0.4 is 5.32 Å². The van der Waals surface area contributed by atoms with Crippen molar-refractivity contribution in [2.75, 3.05) is 32.7 Å². The monoisotopic (exact) mass is 278 g/mol. The summed E-state index contributed by atoms with van der Waals surface area (Å²) in [7, 11) is 0. The van der Waals surface area contributed by atoms with Crippen LogP contribution in [0.25, 0.3) is 0 Å². The second-order valence-electron chi connectivity index (χ2n) is 5.21. The van der Waals surface area contributed by atoms with Crippen LogP contribution in [0.15, 0.2) is 0 Å². The predicted octanol–water partition coefficient (Wildman–Crippen LogP) is 1.79. The third kappa shape index (κ3) is 3.81. The summed E-state index contributed by atoms with van der Waals surface area (Å²) in [4.78, 5) is 1.89. The molecule has 2 saturated heterocycles. The molecule has 0 aliphatic carbocycles. The molecule has 0 aromatic carbocycles. The Balaban J connectivity index is 0.00000162. The molecule has 1 N–H and O–H groups in total. The minimum Gasteiger partial charge on any atom is -0.316 e. The van der Waals surface area contributed by atoms with Crippen LogP contribution in [0.2, 0.25) is 0 Å². The van der Waals surface area contributed by atoms with Gasteiger partial charge in [-0.25, -0.2) is 8.78 Å². The molecule has 0 radical (unpaired) electrons. The van der Waals surface area contributed by atoms with Crippen molar-refractivity contribution in [2.24, 2.45) is 5.92 Å². The molecule has 0 unspecified atom stereocenters. The van der Waals surface area contributed by atoms with Gasteiger partial charge < -0.3 is 5.32 Å². The molecule has 5 heteroatoms. The zero-order valence-corrected chi connectivity index (χ0v) is 11.3. The molecule has 18 heavy (non-hydrogen) atoms. The molecule has 104 valence electrons. The van der Waals surface area contributed by atoms with E-state index in [0.717, 1.165) is 13.1 Å². The smallest absolute Gasteiger partial charge is 0.126 e. The van der Waals surface area contributed by atoms with E-state index in [4.69, 9.17) is 6.42 Å². The van der Waals surface area contributed by atoms with Crippen molar-refractivity contribution < 1.29 is 8.78 Å². The predicted molar refractivity (Wildman–Crippen MR) is 71.5 cm³/mol. The van der Waals surface area contributed by atoms with Gasteiger partial charge in [-0.2, -0.15) is 0 Å². The molecule has 2 aliphatic heterocycles. The molecule has 0 spiro atoms. The fourth-order valence-corrected chi connectivity index (χ4v) is 2.73. The molecular weight excluding hydrogens is 258 g/mol. The fraction of sp³-hybridized carbons (Fsp3) is 0.846. The topological polar surface area (TPSA) is 15.3 Å². The lowest BCUT2D eigenvalue weighted by atomic mass is 9.91. The van der Waals surface area contributed by atoms with Crippen LogP contribution in [0.1, 0.15) is 19.3 Å². The van der Waals surface area contributed by atoms with Crippen LogP contribution in [0.3, 0.4) is 0 Å². The Kier molecular flexibility index (Phi) is 5.84. The third-order valence-electron chi connectivity index (χ3n) is 3.85. The molecule has 2 fully saturated rings. The maximum atomic E-state index is 14.4. The fourth-order valence-electron chi connectivity index (χ4n) is 2.73. The molecule has 2 aliphatic rings. The minimum absolute atomic E-state index is 0. The average Bonchev–Trinajstić information content (AvgIpc) is 2.29. The van der Waals surface area contributed by atoms with E-state index in [1.165, 1.54) is 0 Å². The molecule has 2 atom stereocenters. The summed E-state index contributed by atoms with van der Waals surface area (Å²) in [5.41, 5.74) is -1.14. The molecule has 2 heterocycles. The molecular formula is C13H21ClF2N2. The number of nitrogens with zero attached hydrogens (tertiary/aromatic N) is 1. The Hall–Kier alpha value is -0.370. The van der Waals surface area contributed by atoms with E-state index in [1.807, 2.05) is 4.90 Å². The average molecular weight is 279 g/mol. The standard InChI is InChI=1S/C13H20F2N2.ClH/c1-2-11-3-8-17(9-12(11)14)10-13(15)4-6-16-7-5-13;/h1,11-12,16H,3-10H2;1H/t11-,12+;/m1./s1. The van der Waals surface area contributed by atoms with Crippen molar-refractivity contribution in [3.05, 3.63) is 0 Å². The van der Waals surface area contributed by atoms with Gasteiger partial charge >= 0.3 is 0 Å². The Morgan fingerprint density at radius 3 is 2.61 bits per heavy atom. The van der Waals surface area contributed by atoms with E-state index in [2.05, 4.69) is 11.2 Å². The SMILES string of the molecule is C#C[C@@H]1CCN(CC2(F)CCNCC2)C[C@@H]1F.Cl. The van der Waals surface area contributed by atoms with Gasteiger partial charge in [-0.15, -0.1) is 24.8 Å². The summed E-state index contributed by atoms with van der Waals surface area (Å²) in [6.07, 6.45) is 5.96. The van der Waals surface area contributed by atoms with Gasteiger partial charge in [-0.05, 0) is 38.9 Å². The zero-order valence-electron chi connectivity index (χ0n) is 10.5. The number of alkyl halides is 2. The second kappa shape index (κ2) is 6.70. The number of terminal acetylenes is 1. The van der Waals surface area contributed by atoms with Crippen molar-refractivity contribution in [1.29, 1.82) is 0 Å². The van der Waals surface area contributed by atoms with Gasteiger partial charge in [0.25, 0.3) is 0 Å². The van der Waals surface area contributed by atoms with Gasteiger partial charge in [0.1, 0.15) is 11.8 Å². The lowest BCUT2D eigenvalue weighted by Crippen LogP contribution is -2.51. The summed E-state index contributed by atoms with van der Waals surface area (Å²) in [5, 5.41) is 3.14. The number of piperidine rings is 2. The third-order valence-corrected chi connectivity index (χ3v) is 3.85. The van der Waals surface area contributed by atoms with Crippen LogP contribution in [0.5, 0.6) is 0 Å². The highest BCUT2D eigenvalue weighted by atomic mass is 35.5. The van der Waals surface area contributed by atoms with E-state index in [-0.39, 0.29) is 24.9 Å². The van der Waals surface area contributed by atoms with Crippen molar-refractivity contribution in [3.8, 4) is 12.3 Å². The number of hydrogen-bond donors (Lipinski definition) is 1. The first kappa shape index (κ1) is 15.7. The normalized spacial score (nSPS) is 32.3. The van der Waals surface area contributed by atoms with Crippen LogP contribution in [-0.2, 0) is 0 Å². The van der Waals surface area contributed by atoms with Crippen LogP contribution >= 0.6 is 12.4 Å². The maximum Gasteiger partial charge on any atom is 0.126 e. The van der Waals surface area contributed by atoms with Crippen molar-refractivity contribution in [1.82, 2.24) is 10.2 Å². The lowest BCUT2D eigenvalue weighted by molar-refractivity contribution is 0.0271. The summed E-state index contributed by atoms with van der Waals surface area (Å²) < 4.78 is 28.1. The van der Waals surface area contributed by atoms with E-state index >= 15 is 0 Å². The first-order chi connectivity index (χ1) is 8.13. The molecule has 0 aromatic rings. The molecule has 0 bridgehead atoms. The number of hydrogen-bond acceptors (Lipinski definition) is 2. The van der Waals surface area contributed by atoms with Crippen molar-refractivity contribution >= 4 is 12.4 Å². The van der Waals surface area contributed by atoms with Crippen molar-refractivity contribution in [2.45, 2.75) is 31.1 Å². The lowest BCUT2D eigenvalue weighted by Gasteiger charge is -2.39. The largest absolute Gasteiger partial charge is 0.316 e. The highest BCUT2D eigenvalue weighted by Crippen LogP contribution is 2.27. The van der Waals surface area contributed by atoms with Gasteiger partial charge in [-0.3, -0.25) is 4.90 Å². The number of likely N-dealkylation sites (tertiary alicyclic amines) is 1. The van der Waals surface area contributed by atoms with E-state index in [9.17, 15) is 8.78 Å². The van der Waals surface area contributed by atoms with Gasteiger partial charge in [0, 0.05) is 13.1 Å². The molecule has 2 nitrogen and oxygen atoms in total. The maximum absolute atomic E-state index is 14.4. The summed E-state index contributed by atoms with van der Waals surface area (Å²) in [6, 6.07) is 0. The quantitative estimate of drug-likeness (QED) is 0.775. The van der Waals surface area contributed by atoms with Gasteiger partial charge in [0.05, 0.1) is 5.92 Å². The Bertz CT molecular complexity index is 300. The summed E-state index contributed by atoms with van der Waals surface area (Å²) in [5.74, 6) is 2.20. The Morgan fingerprint density at radius 2 is 2.06 bits per heavy atom.